The maximum atomic E-state index is 12.4. The number of rotatable bonds is 4. The topological polar surface area (TPSA) is 110 Å². The second-order valence-electron chi connectivity index (χ2n) is 6.12. The van der Waals surface area contributed by atoms with Crippen molar-refractivity contribution < 1.29 is 23.9 Å². The van der Waals surface area contributed by atoms with Crippen molar-refractivity contribution in [2.45, 2.75) is 20.3 Å². The Morgan fingerprint density at radius 2 is 1.93 bits per heavy atom. The fourth-order valence-corrected chi connectivity index (χ4v) is 3.01. The van der Waals surface area contributed by atoms with Gasteiger partial charge in [0.05, 0.1) is 48.9 Å². The molecule has 0 aliphatic carbocycles. The second-order valence-corrected chi connectivity index (χ2v) is 6.12. The van der Waals surface area contributed by atoms with Gasteiger partial charge in [-0.15, -0.1) is 0 Å². The zero-order valence-corrected chi connectivity index (χ0v) is 15.4. The summed E-state index contributed by atoms with van der Waals surface area (Å²) in [4.78, 5) is 43.9. The largest absolute Gasteiger partial charge is 0.469 e. The number of fused-ring (bicyclic) bond motifs is 1. The first kappa shape index (κ1) is 18.4. The molecule has 0 saturated heterocycles. The minimum Gasteiger partial charge on any atom is -0.469 e. The van der Waals surface area contributed by atoms with E-state index in [0.717, 1.165) is 5.69 Å². The molecule has 0 spiro atoms. The van der Waals surface area contributed by atoms with Gasteiger partial charge in [-0.2, -0.15) is 0 Å². The molecule has 2 aromatic heterocycles. The van der Waals surface area contributed by atoms with Crippen LogP contribution in [0.3, 0.4) is 0 Å². The molecule has 27 heavy (non-hydrogen) atoms. The molecule has 8 nitrogen and oxygen atoms in total. The number of amides is 1. The highest BCUT2D eigenvalue weighted by Gasteiger charge is 2.29. The van der Waals surface area contributed by atoms with E-state index in [-0.39, 0.29) is 17.9 Å². The monoisotopic (exact) mass is 369 g/mol. The minimum absolute atomic E-state index is 0.0907. The Bertz CT molecular complexity index is 987. The number of carbonyl (C=O) groups is 3. The van der Waals surface area contributed by atoms with E-state index >= 15 is 0 Å². The van der Waals surface area contributed by atoms with Crippen molar-refractivity contribution >= 4 is 35.2 Å². The lowest BCUT2D eigenvalue weighted by Crippen LogP contribution is -2.11. The van der Waals surface area contributed by atoms with Crippen LogP contribution in [0.5, 0.6) is 0 Å². The van der Waals surface area contributed by atoms with E-state index in [1.54, 1.807) is 25.1 Å². The van der Waals surface area contributed by atoms with Gasteiger partial charge in [-0.25, -0.2) is 4.79 Å². The van der Waals surface area contributed by atoms with Crippen LogP contribution >= 0.6 is 0 Å². The van der Waals surface area contributed by atoms with Crippen molar-refractivity contribution in [3.05, 3.63) is 46.0 Å². The van der Waals surface area contributed by atoms with Gasteiger partial charge < -0.3 is 19.8 Å². The molecule has 0 atom stereocenters. The molecule has 140 valence electrons. The number of ether oxygens (including phenoxy) is 2. The molecule has 1 aliphatic heterocycles. The maximum Gasteiger partial charge on any atom is 0.340 e. The number of methoxy groups -OCH3 is 2. The summed E-state index contributed by atoms with van der Waals surface area (Å²) in [6.45, 7) is 3.56. The van der Waals surface area contributed by atoms with E-state index < -0.39 is 11.9 Å². The maximum absolute atomic E-state index is 12.4. The van der Waals surface area contributed by atoms with Crippen molar-refractivity contribution in [2.24, 2.45) is 0 Å². The third-order valence-corrected chi connectivity index (χ3v) is 4.36. The van der Waals surface area contributed by atoms with E-state index in [1.165, 1.54) is 14.2 Å². The second kappa shape index (κ2) is 7.06. The molecule has 2 aromatic rings. The van der Waals surface area contributed by atoms with Crippen LogP contribution < -0.4 is 5.32 Å². The lowest BCUT2D eigenvalue weighted by molar-refractivity contribution is -0.139. The number of pyridine rings is 1. The Balaban J connectivity index is 2.15. The van der Waals surface area contributed by atoms with Crippen LogP contribution in [0.25, 0.3) is 11.6 Å². The quantitative estimate of drug-likeness (QED) is 0.630. The van der Waals surface area contributed by atoms with Crippen LogP contribution in [0, 0.1) is 13.8 Å². The zero-order chi connectivity index (χ0) is 19.7. The molecule has 1 aliphatic rings. The fraction of sp³-hybridized carbons (Fsp3) is 0.263. The third-order valence-electron chi connectivity index (χ3n) is 4.36. The molecule has 8 heteroatoms. The van der Waals surface area contributed by atoms with E-state index in [4.69, 9.17) is 9.47 Å². The van der Waals surface area contributed by atoms with E-state index in [1.807, 2.05) is 6.92 Å². The summed E-state index contributed by atoms with van der Waals surface area (Å²) in [5, 5.41) is 2.75. The van der Waals surface area contributed by atoms with Gasteiger partial charge in [0.1, 0.15) is 0 Å². The smallest absolute Gasteiger partial charge is 0.340 e. The number of carbonyl (C=O) groups excluding carboxylic acids is 3. The van der Waals surface area contributed by atoms with E-state index in [2.05, 4.69) is 15.3 Å². The number of hydrogen-bond donors (Lipinski definition) is 2. The van der Waals surface area contributed by atoms with Crippen LogP contribution in [-0.2, 0) is 25.5 Å². The van der Waals surface area contributed by atoms with Crippen LogP contribution in [-0.4, -0.2) is 42.0 Å². The average molecular weight is 369 g/mol. The van der Waals surface area contributed by atoms with E-state index in [9.17, 15) is 14.4 Å². The summed E-state index contributed by atoms with van der Waals surface area (Å²) in [7, 11) is 2.53. The molecular weight excluding hydrogens is 350 g/mol. The Morgan fingerprint density at radius 1 is 1.19 bits per heavy atom. The van der Waals surface area contributed by atoms with Gasteiger partial charge in [0.2, 0.25) is 0 Å². The summed E-state index contributed by atoms with van der Waals surface area (Å²) < 4.78 is 9.57. The zero-order valence-electron chi connectivity index (χ0n) is 15.4. The van der Waals surface area contributed by atoms with Crippen LogP contribution in [0.1, 0.15) is 38.7 Å². The van der Waals surface area contributed by atoms with Crippen LogP contribution in [0.4, 0.5) is 5.69 Å². The molecule has 3 rings (SSSR count). The number of aromatic amines is 1. The predicted molar refractivity (Wildman–Crippen MR) is 98.1 cm³/mol. The Kier molecular flexibility index (Phi) is 4.81. The van der Waals surface area contributed by atoms with Gasteiger partial charge in [-0.1, -0.05) is 0 Å². The van der Waals surface area contributed by atoms with Gasteiger partial charge in [-0.3, -0.25) is 14.6 Å². The lowest BCUT2D eigenvalue weighted by atomic mass is 10.0. The number of aryl methyl sites for hydroxylation is 2. The summed E-state index contributed by atoms with van der Waals surface area (Å²) in [5.74, 6) is -1.41. The van der Waals surface area contributed by atoms with Crippen LogP contribution in [0.15, 0.2) is 12.1 Å². The molecule has 2 N–H and O–H groups in total. The molecule has 0 fully saturated rings. The van der Waals surface area contributed by atoms with Gasteiger partial charge in [0.25, 0.3) is 5.91 Å². The van der Waals surface area contributed by atoms with Crippen molar-refractivity contribution in [1.29, 1.82) is 0 Å². The Morgan fingerprint density at radius 3 is 2.59 bits per heavy atom. The Labute approximate surface area is 155 Å². The fourth-order valence-electron chi connectivity index (χ4n) is 3.01. The molecule has 0 unspecified atom stereocenters. The van der Waals surface area contributed by atoms with Gasteiger partial charge >= 0.3 is 11.9 Å². The first-order valence-electron chi connectivity index (χ1n) is 8.23. The number of nitrogens with zero attached hydrogens (tertiary/aromatic N) is 1. The standard InChI is InChI=1S/C19H19N3O5/c1-9-5-6-13-17(20-9)12(18(24)22-13)7-14-16(19(25)27-4)11(10(2)21-14)8-15(23)26-3/h5-7,21H,8H2,1-4H3,(H,22,24). The summed E-state index contributed by atoms with van der Waals surface area (Å²) in [5.41, 5.74) is 3.86. The third kappa shape index (κ3) is 3.33. The highest BCUT2D eigenvalue weighted by Crippen LogP contribution is 2.33. The van der Waals surface area contributed by atoms with Crippen LogP contribution in [0.2, 0.25) is 0 Å². The highest BCUT2D eigenvalue weighted by atomic mass is 16.5. The van der Waals surface area contributed by atoms with E-state index in [0.29, 0.717) is 33.9 Å². The molecule has 3 heterocycles. The van der Waals surface area contributed by atoms with Crippen molar-refractivity contribution in [3.8, 4) is 0 Å². The first-order chi connectivity index (χ1) is 12.8. The molecule has 1 amide bonds. The number of anilines is 1. The van der Waals surface area contributed by atoms with Gasteiger partial charge in [-0.05, 0) is 37.6 Å². The molecule has 0 radical (unpaired) electrons. The summed E-state index contributed by atoms with van der Waals surface area (Å²) in [6, 6.07) is 3.58. The lowest BCUT2D eigenvalue weighted by Gasteiger charge is -2.04. The highest BCUT2D eigenvalue weighted by molar-refractivity contribution is 6.34. The van der Waals surface area contributed by atoms with Gasteiger partial charge in [0.15, 0.2) is 0 Å². The number of hydrogen-bond acceptors (Lipinski definition) is 6. The molecule has 0 saturated carbocycles. The SMILES string of the molecule is COC(=O)Cc1c(C)[nH]c(C=C2C(=O)Nc3ccc(C)nc32)c1C(=O)OC. The molecule has 0 aromatic carbocycles. The normalized spacial score (nSPS) is 14.1. The Hall–Kier alpha value is -3.42. The molecular formula is C19H19N3O5. The number of esters is 2. The summed E-state index contributed by atoms with van der Waals surface area (Å²) >= 11 is 0. The number of H-pyrrole nitrogens is 1. The number of nitrogens with one attached hydrogen (secondary N) is 2. The van der Waals surface area contributed by atoms with Crippen molar-refractivity contribution in [1.82, 2.24) is 9.97 Å². The molecule has 0 bridgehead atoms. The number of aromatic nitrogens is 2. The van der Waals surface area contributed by atoms with Crippen molar-refractivity contribution in [3.63, 3.8) is 0 Å². The predicted octanol–water partition coefficient (Wildman–Crippen LogP) is 2.02. The minimum atomic E-state index is -0.610. The van der Waals surface area contributed by atoms with Crippen molar-refractivity contribution in [2.75, 3.05) is 19.5 Å². The average Bonchev–Trinajstić information content (AvgIpc) is 3.11. The summed E-state index contributed by atoms with van der Waals surface area (Å²) in [6.07, 6.45) is 1.46. The van der Waals surface area contributed by atoms with Gasteiger partial charge in [0, 0.05) is 11.4 Å². The first-order valence-corrected chi connectivity index (χ1v) is 8.23.